The van der Waals surface area contributed by atoms with E-state index in [9.17, 15) is 22.8 Å². The third kappa shape index (κ3) is 6.66. The number of likely N-dealkylation sites (tertiary alicyclic amines) is 1. The average Bonchev–Trinajstić information content (AvgIpc) is 2.82. The van der Waals surface area contributed by atoms with Gasteiger partial charge >= 0.3 is 12.2 Å². The van der Waals surface area contributed by atoms with Crippen LogP contribution in [0.3, 0.4) is 0 Å². The molecule has 0 aromatic rings. The molecule has 2 N–H and O–H groups in total. The van der Waals surface area contributed by atoms with Gasteiger partial charge in [0.25, 0.3) is 0 Å². The highest BCUT2D eigenvalue weighted by atomic mass is 19.4. The van der Waals surface area contributed by atoms with Crippen molar-refractivity contribution in [2.45, 2.75) is 65.2 Å². The second kappa shape index (κ2) is 7.40. The predicted octanol–water partition coefficient (Wildman–Crippen LogP) is 2.66. The first-order valence-corrected chi connectivity index (χ1v) is 7.84. The fraction of sp³-hybridized carbons (Fsp3) is 0.867. The van der Waals surface area contributed by atoms with Crippen molar-refractivity contribution >= 4 is 11.9 Å². The van der Waals surface area contributed by atoms with E-state index in [2.05, 4.69) is 5.32 Å². The van der Waals surface area contributed by atoms with Crippen molar-refractivity contribution in [1.29, 1.82) is 0 Å². The van der Waals surface area contributed by atoms with Gasteiger partial charge in [-0.25, -0.2) is 4.79 Å². The van der Waals surface area contributed by atoms with E-state index in [1.807, 2.05) is 5.32 Å². The number of carbonyl (C=O) groups excluding carboxylic acids is 2. The molecule has 0 spiro atoms. The fourth-order valence-electron chi connectivity index (χ4n) is 2.57. The van der Waals surface area contributed by atoms with Crippen molar-refractivity contribution in [3.8, 4) is 0 Å². The van der Waals surface area contributed by atoms with Crippen LogP contribution in [0.2, 0.25) is 0 Å². The van der Waals surface area contributed by atoms with E-state index in [0.29, 0.717) is 25.9 Å². The van der Waals surface area contributed by atoms with Crippen LogP contribution in [-0.4, -0.2) is 48.2 Å². The normalized spacial score (nSPS) is 20.3. The average molecular weight is 337 g/mol. The zero-order valence-electron chi connectivity index (χ0n) is 14.1. The molecule has 1 rings (SSSR count). The van der Waals surface area contributed by atoms with Gasteiger partial charge in [0.2, 0.25) is 5.91 Å². The summed E-state index contributed by atoms with van der Waals surface area (Å²) in [5.74, 6) is -0.0180. The first-order chi connectivity index (χ1) is 10.4. The number of alkyl halides is 3. The van der Waals surface area contributed by atoms with Crippen molar-refractivity contribution < 1.29 is 22.8 Å². The van der Waals surface area contributed by atoms with Gasteiger partial charge in [0, 0.05) is 25.6 Å². The third-order valence-corrected chi connectivity index (χ3v) is 3.70. The minimum Gasteiger partial charge on any atom is -0.341 e. The summed E-state index contributed by atoms with van der Waals surface area (Å²) < 4.78 is 39.1. The van der Waals surface area contributed by atoms with Crippen LogP contribution in [0, 0.1) is 5.41 Å². The number of nitrogens with zero attached hydrogens (tertiary/aromatic N) is 1. The molecule has 0 radical (unpaired) electrons. The second-order valence-corrected chi connectivity index (χ2v) is 7.16. The Balaban J connectivity index is 2.55. The summed E-state index contributed by atoms with van der Waals surface area (Å²) in [5.41, 5.74) is -0.564. The number of urea groups is 1. The van der Waals surface area contributed by atoms with Crippen LogP contribution in [0.5, 0.6) is 0 Å². The van der Waals surface area contributed by atoms with Gasteiger partial charge in [-0.3, -0.25) is 4.79 Å². The predicted molar refractivity (Wildman–Crippen MR) is 80.9 cm³/mol. The van der Waals surface area contributed by atoms with Gasteiger partial charge in [-0.1, -0.05) is 27.7 Å². The highest BCUT2D eigenvalue weighted by Gasteiger charge is 2.43. The summed E-state index contributed by atoms with van der Waals surface area (Å²) in [5, 5.41) is 4.55. The second-order valence-electron chi connectivity index (χ2n) is 7.16. The summed E-state index contributed by atoms with van der Waals surface area (Å²) in [7, 11) is 0. The number of hydrogen-bond donors (Lipinski definition) is 2. The quantitative estimate of drug-likeness (QED) is 0.828. The Kier molecular flexibility index (Phi) is 6.30. The Morgan fingerprint density at radius 2 is 1.87 bits per heavy atom. The smallest absolute Gasteiger partial charge is 0.341 e. The molecule has 1 aliphatic rings. The summed E-state index contributed by atoms with van der Waals surface area (Å²) in [6.07, 6.45) is -3.77. The van der Waals surface area contributed by atoms with Crippen LogP contribution in [0.4, 0.5) is 18.0 Å². The molecule has 5 nitrogen and oxygen atoms in total. The van der Waals surface area contributed by atoms with E-state index in [0.717, 1.165) is 0 Å². The van der Waals surface area contributed by atoms with Crippen molar-refractivity contribution in [1.82, 2.24) is 15.5 Å². The first-order valence-electron chi connectivity index (χ1n) is 7.84. The zero-order chi connectivity index (χ0) is 17.8. The molecule has 0 saturated carbocycles. The maximum Gasteiger partial charge on any atom is 0.408 e. The van der Waals surface area contributed by atoms with Gasteiger partial charge in [-0.15, -0.1) is 0 Å². The monoisotopic (exact) mass is 337 g/mol. The molecule has 0 unspecified atom stereocenters. The van der Waals surface area contributed by atoms with E-state index in [1.165, 1.54) is 0 Å². The number of hydrogen-bond acceptors (Lipinski definition) is 2. The molecule has 1 heterocycles. The topological polar surface area (TPSA) is 61.4 Å². The maximum absolute atomic E-state index is 13.0. The first kappa shape index (κ1) is 19.6. The van der Waals surface area contributed by atoms with Crippen molar-refractivity contribution in [3.63, 3.8) is 0 Å². The van der Waals surface area contributed by atoms with Gasteiger partial charge < -0.3 is 15.5 Å². The van der Waals surface area contributed by atoms with Gasteiger partial charge in [-0.2, -0.15) is 13.2 Å². The molecule has 23 heavy (non-hydrogen) atoms. The molecule has 0 aromatic heterocycles. The van der Waals surface area contributed by atoms with Gasteiger partial charge in [-0.05, 0) is 18.3 Å². The molecule has 1 fully saturated rings. The lowest BCUT2D eigenvalue weighted by Crippen LogP contribution is -2.53. The summed E-state index contributed by atoms with van der Waals surface area (Å²) in [4.78, 5) is 25.0. The van der Waals surface area contributed by atoms with Gasteiger partial charge in [0.1, 0.15) is 6.04 Å². The lowest BCUT2D eigenvalue weighted by atomic mass is 9.88. The molecule has 0 bridgehead atoms. The van der Waals surface area contributed by atoms with Crippen LogP contribution >= 0.6 is 0 Å². The Morgan fingerprint density at radius 3 is 2.35 bits per heavy atom. The largest absolute Gasteiger partial charge is 0.408 e. The number of nitrogens with one attached hydrogen (secondary N) is 2. The highest BCUT2D eigenvalue weighted by Crippen LogP contribution is 2.30. The SMILES string of the molecule is CCC(=O)N1CC[C@@H](NC(=O)N[C@@H](CC(C)(C)C)C(F)(F)F)C1. The molecule has 0 aliphatic carbocycles. The maximum atomic E-state index is 13.0. The molecular formula is C15H26F3N3O2. The van der Waals surface area contributed by atoms with Crippen molar-refractivity contribution in [2.75, 3.05) is 13.1 Å². The van der Waals surface area contributed by atoms with Crippen LogP contribution in [0.15, 0.2) is 0 Å². The van der Waals surface area contributed by atoms with Crippen LogP contribution in [-0.2, 0) is 4.79 Å². The van der Waals surface area contributed by atoms with Crippen LogP contribution in [0.25, 0.3) is 0 Å². The fourth-order valence-corrected chi connectivity index (χ4v) is 2.57. The number of halogens is 3. The summed E-state index contributed by atoms with van der Waals surface area (Å²) in [6.45, 7) is 7.68. The molecule has 3 amide bonds. The summed E-state index contributed by atoms with van der Waals surface area (Å²) >= 11 is 0. The number of carbonyl (C=O) groups is 2. The molecule has 134 valence electrons. The zero-order valence-corrected chi connectivity index (χ0v) is 14.1. The molecule has 8 heteroatoms. The standard InChI is InChI=1S/C15H26F3N3O2/c1-5-12(22)21-7-6-10(9-21)19-13(23)20-11(15(16,17)18)8-14(2,3)4/h10-11H,5-9H2,1-4H3,(H2,19,20,23)/t10-,11+/m1/s1. The number of rotatable bonds is 4. The van der Waals surface area contributed by atoms with Gasteiger partial charge in [0.05, 0.1) is 0 Å². The van der Waals surface area contributed by atoms with Crippen LogP contribution in [0.1, 0.15) is 47.0 Å². The van der Waals surface area contributed by atoms with E-state index in [4.69, 9.17) is 0 Å². The van der Waals surface area contributed by atoms with E-state index in [-0.39, 0.29) is 18.4 Å². The minimum absolute atomic E-state index is 0.0180. The Labute approximate surface area is 135 Å². The highest BCUT2D eigenvalue weighted by molar-refractivity contribution is 5.77. The molecule has 1 aliphatic heterocycles. The Morgan fingerprint density at radius 1 is 1.26 bits per heavy atom. The van der Waals surface area contributed by atoms with Gasteiger partial charge in [0.15, 0.2) is 0 Å². The van der Waals surface area contributed by atoms with Crippen molar-refractivity contribution in [2.24, 2.45) is 5.41 Å². The van der Waals surface area contributed by atoms with Crippen molar-refractivity contribution in [3.05, 3.63) is 0 Å². The number of amides is 3. The third-order valence-electron chi connectivity index (χ3n) is 3.70. The van der Waals surface area contributed by atoms with E-state index >= 15 is 0 Å². The molecule has 2 atom stereocenters. The van der Waals surface area contributed by atoms with E-state index in [1.54, 1.807) is 32.6 Å². The molecule has 0 aromatic carbocycles. The van der Waals surface area contributed by atoms with E-state index < -0.39 is 23.7 Å². The minimum atomic E-state index is -4.50. The molecular weight excluding hydrogens is 311 g/mol. The Bertz CT molecular complexity index is 433. The summed E-state index contributed by atoms with van der Waals surface area (Å²) in [6, 6.07) is -3.04. The Hall–Kier alpha value is -1.47. The lowest BCUT2D eigenvalue weighted by molar-refractivity contribution is -0.159. The lowest BCUT2D eigenvalue weighted by Gasteiger charge is -2.29. The van der Waals surface area contributed by atoms with Crippen LogP contribution < -0.4 is 10.6 Å². The molecule has 1 saturated heterocycles.